The average Bonchev–Trinajstić information content (AvgIpc) is 2.33. The van der Waals surface area contributed by atoms with Crippen LogP contribution in [-0.4, -0.2) is 36.2 Å². The molecule has 0 amide bonds. The summed E-state index contributed by atoms with van der Waals surface area (Å²) in [6.07, 6.45) is 2.43. The lowest BCUT2D eigenvalue weighted by molar-refractivity contribution is 0.111. The highest BCUT2D eigenvalue weighted by molar-refractivity contribution is 5.32. The zero-order valence-electron chi connectivity index (χ0n) is 9.72. The van der Waals surface area contributed by atoms with Gasteiger partial charge in [-0.2, -0.15) is 0 Å². The summed E-state index contributed by atoms with van der Waals surface area (Å²) < 4.78 is 5.94. The Morgan fingerprint density at radius 3 is 2.69 bits per heavy atom. The first-order valence-corrected chi connectivity index (χ1v) is 5.83. The molecule has 1 heterocycles. The van der Waals surface area contributed by atoms with Crippen molar-refractivity contribution in [3.05, 3.63) is 29.8 Å². The Hall–Kier alpha value is -1.06. The molecule has 1 aromatic carbocycles. The molecule has 0 saturated carbocycles. The molecule has 0 aromatic heterocycles. The van der Waals surface area contributed by atoms with Gasteiger partial charge in [0.05, 0.1) is 6.61 Å². The Bertz CT molecular complexity index is 332. The summed E-state index contributed by atoms with van der Waals surface area (Å²) in [5.41, 5.74) is 0.876. The third kappa shape index (κ3) is 2.74. The van der Waals surface area contributed by atoms with Gasteiger partial charge in [0.2, 0.25) is 0 Å². The number of benzene rings is 1. The number of rotatable bonds is 3. The Balaban J connectivity index is 1.98. The third-order valence-electron chi connectivity index (χ3n) is 3.10. The zero-order chi connectivity index (χ0) is 11.4. The van der Waals surface area contributed by atoms with E-state index in [1.165, 1.54) is 0 Å². The van der Waals surface area contributed by atoms with Crippen molar-refractivity contribution in [2.45, 2.75) is 25.6 Å². The fourth-order valence-electron chi connectivity index (χ4n) is 2.03. The van der Waals surface area contributed by atoms with E-state index in [1.54, 1.807) is 0 Å². The minimum absolute atomic E-state index is 0.0444. The summed E-state index contributed by atoms with van der Waals surface area (Å²) in [7, 11) is 2.14. The second-order valence-corrected chi connectivity index (χ2v) is 4.39. The number of ether oxygens (including phenoxy) is 1. The molecule has 1 aromatic rings. The van der Waals surface area contributed by atoms with Gasteiger partial charge in [0.25, 0.3) is 0 Å². The van der Waals surface area contributed by atoms with E-state index in [2.05, 4.69) is 11.9 Å². The van der Waals surface area contributed by atoms with Crippen molar-refractivity contribution in [2.24, 2.45) is 0 Å². The summed E-state index contributed by atoms with van der Waals surface area (Å²) in [6, 6.07) is 7.71. The minimum atomic E-state index is 0.0444. The molecule has 0 atom stereocenters. The second kappa shape index (κ2) is 5.32. The molecule has 1 aliphatic heterocycles. The normalized spacial score (nSPS) is 18.6. The molecule has 0 aliphatic carbocycles. The van der Waals surface area contributed by atoms with Crippen LogP contribution in [0.25, 0.3) is 0 Å². The Morgan fingerprint density at radius 2 is 2.00 bits per heavy atom. The van der Waals surface area contributed by atoms with E-state index in [9.17, 15) is 5.11 Å². The van der Waals surface area contributed by atoms with Crippen LogP contribution in [0.15, 0.2) is 24.3 Å². The Morgan fingerprint density at radius 1 is 1.31 bits per heavy atom. The first-order valence-electron chi connectivity index (χ1n) is 5.83. The van der Waals surface area contributed by atoms with Crippen molar-refractivity contribution in [3.63, 3.8) is 0 Å². The predicted octanol–water partition coefficient (Wildman–Crippen LogP) is 1.65. The smallest absolute Gasteiger partial charge is 0.125 e. The Labute approximate surface area is 96.6 Å². The fraction of sp³-hybridized carbons (Fsp3) is 0.538. The highest BCUT2D eigenvalue weighted by Gasteiger charge is 2.18. The van der Waals surface area contributed by atoms with Crippen molar-refractivity contribution in [3.8, 4) is 5.75 Å². The van der Waals surface area contributed by atoms with Gasteiger partial charge in [-0.3, -0.25) is 0 Å². The molecular formula is C13H19NO2. The van der Waals surface area contributed by atoms with Crippen LogP contribution >= 0.6 is 0 Å². The fourth-order valence-corrected chi connectivity index (χ4v) is 2.03. The molecule has 16 heavy (non-hydrogen) atoms. The van der Waals surface area contributed by atoms with Gasteiger partial charge in [-0.05, 0) is 26.0 Å². The molecule has 88 valence electrons. The summed E-state index contributed by atoms with van der Waals surface area (Å²) in [4.78, 5) is 2.32. The van der Waals surface area contributed by atoms with Crippen molar-refractivity contribution >= 4 is 0 Å². The minimum Gasteiger partial charge on any atom is -0.490 e. The van der Waals surface area contributed by atoms with E-state index in [0.29, 0.717) is 6.10 Å². The highest BCUT2D eigenvalue weighted by atomic mass is 16.5. The van der Waals surface area contributed by atoms with Gasteiger partial charge in [-0.15, -0.1) is 0 Å². The van der Waals surface area contributed by atoms with E-state index in [0.717, 1.165) is 37.2 Å². The van der Waals surface area contributed by atoms with E-state index >= 15 is 0 Å². The van der Waals surface area contributed by atoms with E-state index in [-0.39, 0.29) is 6.61 Å². The monoisotopic (exact) mass is 221 g/mol. The summed E-state index contributed by atoms with van der Waals surface area (Å²) in [6.45, 7) is 2.22. The first kappa shape index (κ1) is 11.4. The average molecular weight is 221 g/mol. The Kier molecular flexibility index (Phi) is 3.80. The van der Waals surface area contributed by atoms with E-state index in [4.69, 9.17) is 4.74 Å². The number of para-hydroxylation sites is 1. The first-order chi connectivity index (χ1) is 7.79. The predicted molar refractivity (Wildman–Crippen MR) is 63.5 cm³/mol. The maximum absolute atomic E-state index is 9.20. The third-order valence-corrected chi connectivity index (χ3v) is 3.10. The van der Waals surface area contributed by atoms with Gasteiger partial charge < -0.3 is 14.7 Å². The summed E-state index contributed by atoms with van der Waals surface area (Å²) in [5.74, 6) is 0.833. The number of likely N-dealkylation sites (tertiary alicyclic amines) is 1. The number of aliphatic hydroxyl groups is 1. The lowest BCUT2D eigenvalue weighted by Crippen LogP contribution is -2.35. The van der Waals surface area contributed by atoms with Crippen molar-refractivity contribution in [1.29, 1.82) is 0 Å². The van der Waals surface area contributed by atoms with Crippen LogP contribution < -0.4 is 4.74 Å². The zero-order valence-corrected chi connectivity index (χ0v) is 9.72. The number of hydrogen-bond acceptors (Lipinski definition) is 3. The van der Waals surface area contributed by atoms with Gasteiger partial charge in [0.15, 0.2) is 0 Å². The van der Waals surface area contributed by atoms with Crippen molar-refractivity contribution in [1.82, 2.24) is 4.90 Å². The molecule has 1 N–H and O–H groups in total. The molecule has 0 bridgehead atoms. The van der Waals surface area contributed by atoms with Crippen LogP contribution in [0.5, 0.6) is 5.75 Å². The number of aliphatic hydroxyl groups excluding tert-OH is 1. The molecule has 0 unspecified atom stereocenters. The van der Waals surface area contributed by atoms with Gasteiger partial charge in [-0.25, -0.2) is 0 Å². The molecule has 3 nitrogen and oxygen atoms in total. The van der Waals surface area contributed by atoms with Gasteiger partial charge in [-0.1, -0.05) is 18.2 Å². The molecule has 3 heteroatoms. The van der Waals surface area contributed by atoms with Gasteiger partial charge >= 0.3 is 0 Å². The number of piperidine rings is 1. The van der Waals surface area contributed by atoms with E-state index < -0.39 is 0 Å². The molecule has 0 spiro atoms. The van der Waals surface area contributed by atoms with Gasteiger partial charge in [0, 0.05) is 18.7 Å². The van der Waals surface area contributed by atoms with Crippen molar-refractivity contribution < 1.29 is 9.84 Å². The summed E-state index contributed by atoms with van der Waals surface area (Å²) >= 11 is 0. The lowest BCUT2D eigenvalue weighted by Gasteiger charge is -2.29. The number of nitrogens with zero attached hydrogens (tertiary/aromatic N) is 1. The van der Waals surface area contributed by atoms with Crippen LogP contribution in [0.3, 0.4) is 0 Å². The summed E-state index contributed by atoms with van der Waals surface area (Å²) in [5, 5.41) is 9.20. The largest absolute Gasteiger partial charge is 0.490 e. The van der Waals surface area contributed by atoms with E-state index in [1.807, 2.05) is 24.3 Å². The molecule has 1 fully saturated rings. The van der Waals surface area contributed by atoms with Crippen LogP contribution in [0.4, 0.5) is 0 Å². The van der Waals surface area contributed by atoms with Gasteiger partial charge in [0.1, 0.15) is 11.9 Å². The van der Waals surface area contributed by atoms with Crippen LogP contribution in [-0.2, 0) is 6.61 Å². The lowest BCUT2D eigenvalue weighted by atomic mass is 10.1. The van der Waals surface area contributed by atoms with Crippen molar-refractivity contribution in [2.75, 3.05) is 20.1 Å². The highest BCUT2D eigenvalue weighted by Crippen LogP contribution is 2.22. The molecular weight excluding hydrogens is 202 g/mol. The van der Waals surface area contributed by atoms with Crippen LogP contribution in [0.2, 0.25) is 0 Å². The maximum Gasteiger partial charge on any atom is 0.125 e. The van der Waals surface area contributed by atoms with Crippen LogP contribution in [0.1, 0.15) is 18.4 Å². The molecule has 1 saturated heterocycles. The molecule has 0 radical (unpaired) electrons. The SMILES string of the molecule is CN1CCC(Oc2ccccc2CO)CC1. The topological polar surface area (TPSA) is 32.7 Å². The second-order valence-electron chi connectivity index (χ2n) is 4.39. The number of hydrogen-bond donors (Lipinski definition) is 1. The quantitative estimate of drug-likeness (QED) is 0.842. The molecule has 1 aliphatic rings. The molecule has 2 rings (SSSR count). The standard InChI is InChI=1S/C13H19NO2/c1-14-8-6-12(7-9-14)16-13-5-3-2-4-11(13)10-15/h2-5,12,15H,6-10H2,1H3. The van der Waals surface area contributed by atoms with Crippen LogP contribution in [0, 0.1) is 0 Å². The maximum atomic E-state index is 9.20.